The maximum Gasteiger partial charge on any atom is 0.261 e. The zero-order chi connectivity index (χ0) is 20.0. The van der Waals surface area contributed by atoms with Crippen molar-refractivity contribution in [2.45, 2.75) is 32.4 Å². The quantitative estimate of drug-likeness (QED) is 0.418. The van der Waals surface area contributed by atoms with Gasteiger partial charge >= 0.3 is 0 Å². The Hall–Kier alpha value is -2.72. The maximum absolute atomic E-state index is 12.8. The third kappa shape index (κ3) is 5.14. The van der Waals surface area contributed by atoms with Gasteiger partial charge in [0.15, 0.2) is 5.78 Å². The first-order valence-corrected chi connectivity index (χ1v) is 8.81. The Balaban J connectivity index is 2.24. The van der Waals surface area contributed by atoms with Crippen molar-refractivity contribution in [3.8, 4) is 0 Å². The van der Waals surface area contributed by atoms with E-state index in [2.05, 4.69) is 15.3 Å². The van der Waals surface area contributed by atoms with Gasteiger partial charge in [0.25, 0.3) is 5.56 Å². The molecule has 10 heteroatoms. The van der Waals surface area contributed by atoms with Crippen LogP contribution in [0.4, 0.5) is 5.95 Å². The van der Waals surface area contributed by atoms with E-state index in [1.54, 1.807) is 19.3 Å². The molecule has 5 N–H and O–H groups in total. The van der Waals surface area contributed by atoms with E-state index in [1.165, 1.54) is 9.47 Å². The summed E-state index contributed by atoms with van der Waals surface area (Å²) in [5, 5.41) is 12.6. The number of hydrogen-bond acceptors (Lipinski definition) is 7. The van der Waals surface area contributed by atoms with Crippen LogP contribution in [0.5, 0.6) is 0 Å². The molecular weight excluding hydrogens is 352 g/mol. The van der Waals surface area contributed by atoms with Gasteiger partial charge in [-0.15, -0.1) is 0 Å². The van der Waals surface area contributed by atoms with Gasteiger partial charge in [-0.1, -0.05) is 6.92 Å². The molecule has 2 aromatic rings. The SMILES string of the molecule is CCCC(=O)CN(C[C@H](CO)NC)C(=O)Cn1ccc2c(=O)[nH]c(N)nc21. The first-order valence-electron chi connectivity index (χ1n) is 8.81. The van der Waals surface area contributed by atoms with Crippen molar-refractivity contribution < 1.29 is 14.7 Å². The number of carbonyl (C=O) groups excluding carboxylic acids is 2. The van der Waals surface area contributed by atoms with Crippen LogP contribution >= 0.6 is 0 Å². The number of carbonyl (C=O) groups is 2. The molecule has 1 atom stereocenters. The number of nitrogens with one attached hydrogen (secondary N) is 2. The fraction of sp³-hybridized carbons (Fsp3) is 0.529. The van der Waals surface area contributed by atoms with Gasteiger partial charge in [0.05, 0.1) is 18.5 Å². The van der Waals surface area contributed by atoms with Crippen molar-refractivity contribution in [2.24, 2.45) is 0 Å². The minimum absolute atomic E-state index is 0.0276. The average molecular weight is 378 g/mol. The Kier molecular flexibility index (Phi) is 7.08. The lowest BCUT2D eigenvalue weighted by molar-refractivity contribution is -0.136. The molecule has 0 radical (unpaired) electrons. The second-order valence-corrected chi connectivity index (χ2v) is 6.36. The Morgan fingerprint density at radius 2 is 2.22 bits per heavy atom. The molecule has 0 aromatic carbocycles. The van der Waals surface area contributed by atoms with Gasteiger partial charge < -0.3 is 25.6 Å². The van der Waals surface area contributed by atoms with Gasteiger partial charge in [-0.05, 0) is 19.5 Å². The van der Waals surface area contributed by atoms with E-state index < -0.39 is 0 Å². The summed E-state index contributed by atoms with van der Waals surface area (Å²) in [6.07, 6.45) is 2.66. The van der Waals surface area contributed by atoms with E-state index >= 15 is 0 Å². The number of nitrogen functional groups attached to an aromatic ring is 1. The highest BCUT2D eigenvalue weighted by Gasteiger charge is 2.21. The van der Waals surface area contributed by atoms with Crippen LogP contribution in [0.25, 0.3) is 11.0 Å². The van der Waals surface area contributed by atoms with Gasteiger partial charge in [0, 0.05) is 25.2 Å². The third-order valence-corrected chi connectivity index (χ3v) is 4.27. The number of likely N-dealkylation sites (N-methyl/N-ethyl adjacent to an activating group) is 1. The first-order chi connectivity index (χ1) is 12.9. The predicted octanol–water partition coefficient (Wildman–Crippen LogP) is -0.915. The smallest absolute Gasteiger partial charge is 0.261 e. The summed E-state index contributed by atoms with van der Waals surface area (Å²) < 4.78 is 1.52. The lowest BCUT2D eigenvalue weighted by Crippen LogP contribution is -2.47. The van der Waals surface area contributed by atoms with E-state index in [-0.39, 0.29) is 55.5 Å². The molecule has 0 saturated heterocycles. The number of aromatic amines is 1. The Morgan fingerprint density at radius 1 is 1.48 bits per heavy atom. The van der Waals surface area contributed by atoms with Crippen LogP contribution in [0.3, 0.4) is 0 Å². The highest BCUT2D eigenvalue weighted by atomic mass is 16.3. The molecule has 0 aliphatic rings. The molecule has 10 nitrogen and oxygen atoms in total. The Labute approximate surface area is 156 Å². The van der Waals surface area contributed by atoms with Crippen molar-refractivity contribution in [3.63, 3.8) is 0 Å². The number of amides is 1. The molecule has 148 valence electrons. The average Bonchev–Trinajstić information content (AvgIpc) is 3.01. The van der Waals surface area contributed by atoms with Crippen molar-refractivity contribution >= 4 is 28.7 Å². The summed E-state index contributed by atoms with van der Waals surface area (Å²) in [5.41, 5.74) is 5.51. The van der Waals surface area contributed by atoms with Gasteiger partial charge in [-0.2, -0.15) is 4.98 Å². The van der Waals surface area contributed by atoms with Crippen LogP contribution in [0, 0.1) is 0 Å². The van der Waals surface area contributed by atoms with Gasteiger partial charge in [0.2, 0.25) is 11.9 Å². The number of nitrogens with two attached hydrogens (primary N) is 1. The highest BCUT2D eigenvalue weighted by molar-refractivity contribution is 5.87. The van der Waals surface area contributed by atoms with Crippen molar-refractivity contribution in [1.29, 1.82) is 0 Å². The van der Waals surface area contributed by atoms with Gasteiger partial charge in [-0.3, -0.25) is 19.4 Å². The molecule has 0 saturated carbocycles. The first kappa shape index (κ1) is 20.6. The molecule has 1 amide bonds. The number of aromatic nitrogens is 3. The minimum Gasteiger partial charge on any atom is -0.395 e. The summed E-state index contributed by atoms with van der Waals surface area (Å²) in [4.78, 5) is 44.7. The molecule has 0 fully saturated rings. The normalized spacial score (nSPS) is 12.3. The van der Waals surface area contributed by atoms with Gasteiger partial charge in [0.1, 0.15) is 12.2 Å². The molecule has 2 heterocycles. The lowest BCUT2D eigenvalue weighted by atomic mass is 10.2. The number of Topliss-reactive ketones (excluding diaryl/α,β-unsaturated/α-hetero) is 1. The van der Waals surface area contributed by atoms with Crippen molar-refractivity contribution in [2.75, 3.05) is 32.5 Å². The van der Waals surface area contributed by atoms with Crippen LogP contribution in [-0.4, -0.2) is 69.0 Å². The highest BCUT2D eigenvalue weighted by Crippen LogP contribution is 2.11. The number of ketones is 1. The number of anilines is 1. The van der Waals surface area contributed by atoms with Crippen molar-refractivity contribution in [3.05, 3.63) is 22.6 Å². The summed E-state index contributed by atoms with van der Waals surface area (Å²) in [7, 11) is 1.68. The summed E-state index contributed by atoms with van der Waals surface area (Å²) >= 11 is 0. The number of rotatable bonds is 10. The number of aliphatic hydroxyl groups excluding tert-OH is 1. The zero-order valence-electron chi connectivity index (χ0n) is 15.6. The van der Waals surface area contributed by atoms with Crippen molar-refractivity contribution in [1.82, 2.24) is 24.8 Å². The molecule has 2 rings (SSSR count). The van der Waals surface area contributed by atoms with Crippen LogP contribution < -0.4 is 16.6 Å². The largest absolute Gasteiger partial charge is 0.395 e. The van der Waals surface area contributed by atoms with Gasteiger partial charge in [-0.25, -0.2) is 0 Å². The molecule has 0 bridgehead atoms. The molecule has 0 aliphatic carbocycles. The third-order valence-electron chi connectivity index (χ3n) is 4.27. The zero-order valence-corrected chi connectivity index (χ0v) is 15.6. The number of hydrogen-bond donors (Lipinski definition) is 4. The molecular formula is C17H26N6O4. The summed E-state index contributed by atoms with van der Waals surface area (Å²) in [5.74, 6) is -0.397. The van der Waals surface area contributed by atoms with E-state index in [0.717, 1.165) is 0 Å². The van der Waals surface area contributed by atoms with E-state index in [9.17, 15) is 19.5 Å². The van der Waals surface area contributed by atoms with Crippen LogP contribution in [-0.2, 0) is 16.1 Å². The Morgan fingerprint density at radius 3 is 2.85 bits per heavy atom. The number of H-pyrrole nitrogens is 1. The topological polar surface area (TPSA) is 146 Å². The molecule has 2 aromatic heterocycles. The fourth-order valence-electron chi connectivity index (χ4n) is 2.80. The molecule has 0 spiro atoms. The number of aliphatic hydroxyl groups is 1. The van der Waals surface area contributed by atoms with Crippen LogP contribution in [0.15, 0.2) is 17.1 Å². The second-order valence-electron chi connectivity index (χ2n) is 6.36. The molecule has 0 unspecified atom stereocenters. The fourth-order valence-corrected chi connectivity index (χ4v) is 2.80. The minimum atomic E-state index is -0.380. The molecule has 27 heavy (non-hydrogen) atoms. The predicted molar refractivity (Wildman–Crippen MR) is 101 cm³/mol. The van der Waals surface area contributed by atoms with E-state index in [0.29, 0.717) is 23.9 Å². The van der Waals surface area contributed by atoms with Crippen LogP contribution in [0.2, 0.25) is 0 Å². The molecule has 0 aliphatic heterocycles. The lowest BCUT2D eigenvalue weighted by Gasteiger charge is -2.26. The summed E-state index contributed by atoms with van der Waals surface area (Å²) in [6.45, 7) is 1.80. The Bertz CT molecular complexity index is 855. The number of nitrogens with zero attached hydrogens (tertiary/aromatic N) is 3. The van der Waals surface area contributed by atoms with E-state index in [1.807, 2.05) is 6.92 Å². The number of fused-ring (bicyclic) bond motifs is 1. The monoisotopic (exact) mass is 378 g/mol. The van der Waals surface area contributed by atoms with E-state index in [4.69, 9.17) is 5.73 Å². The standard InChI is InChI=1S/C17H26N6O4/c1-3-4-12(25)8-23(7-11(10-24)19-2)14(26)9-22-6-5-13-15(22)20-17(18)21-16(13)27/h5-6,11,19,24H,3-4,7-10H2,1-2H3,(H3,18,20,21,27)/t11-/m1/s1. The second kappa shape index (κ2) is 9.28. The maximum atomic E-state index is 12.8. The van der Waals surface area contributed by atoms with Crippen LogP contribution in [0.1, 0.15) is 19.8 Å². The summed E-state index contributed by atoms with van der Waals surface area (Å²) in [6, 6.07) is 1.21.